The Kier molecular flexibility index (Phi) is 3.00. The van der Waals surface area contributed by atoms with E-state index in [1.807, 2.05) is 0 Å². The van der Waals surface area contributed by atoms with Gasteiger partial charge < -0.3 is 14.7 Å². The number of fused-ring (bicyclic) bond motifs is 1. The Labute approximate surface area is 121 Å². The molecule has 0 bridgehead atoms. The lowest BCUT2D eigenvalue weighted by Crippen LogP contribution is -2.53. The number of hydrogen-bond acceptors (Lipinski definition) is 5. The van der Waals surface area contributed by atoms with Gasteiger partial charge in [-0.25, -0.2) is 0 Å². The van der Waals surface area contributed by atoms with Crippen LogP contribution in [-0.4, -0.2) is 34.2 Å². The summed E-state index contributed by atoms with van der Waals surface area (Å²) in [6.45, 7) is 4.26. The van der Waals surface area contributed by atoms with Crippen molar-refractivity contribution < 1.29 is 14.6 Å². The topological polar surface area (TPSA) is 73.6 Å². The predicted octanol–water partition coefficient (Wildman–Crippen LogP) is 1.82. The Morgan fingerprint density at radius 2 is 2.35 bits per heavy atom. The Balaban J connectivity index is 2.09. The molecule has 5 nitrogen and oxygen atoms in total. The van der Waals surface area contributed by atoms with Crippen molar-refractivity contribution in [1.82, 2.24) is 4.90 Å². The summed E-state index contributed by atoms with van der Waals surface area (Å²) in [5.74, 6) is 0.677. The van der Waals surface area contributed by atoms with E-state index in [-0.39, 0.29) is 5.91 Å². The van der Waals surface area contributed by atoms with Crippen LogP contribution in [0.2, 0.25) is 0 Å². The molecule has 1 saturated heterocycles. The number of nitrogens with zero attached hydrogens (tertiary/aromatic N) is 2. The van der Waals surface area contributed by atoms with Crippen LogP contribution in [0.3, 0.4) is 0 Å². The van der Waals surface area contributed by atoms with Crippen LogP contribution in [0.1, 0.15) is 42.5 Å². The number of aliphatic hydroxyl groups is 1. The lowest BCUT2D eigenvalue weighted by molar-refractivity contribution is -0.139. The summed E-state index contributed by atoms with van der Waals surface area (Å²) in [4.78, 5) is 15.1. The molecule has 1 aromatic rings. The number of ether oxygens (including phenoxy) is 1. The fraction of sp³-hybridized carbons (Fsp3) is 0.571. The van der Waals surface area contributed by atoms with Gasteiger partial charge in [0.05, 0.1) is 10.9 Å². The molecule has 0 unspecified atom stereocenters. The van der Waals surface area contributed by atoms with Crippen LogP contribution in [0.25, 0.3) is 0 Å². The van der Waals surface area contributed by atoms with E-state index in [0.29, 0.717) is 23.6 Å². The van der Waals surface area contributed by atoms with Gasteiger partial charge in [-0.15, -0.1) is 11.3 Å². The zero-order valence-corrected chi connectivity index (χ0v) is 12.2. The third-order valence-corrected chi connectivity index (χ3v) is 5.03. The van der Waals surface area contributed by atoms with Crippen LogP contribution in [0.4, 0.5) is 0 Å². The summed E-state index contributed by atoms with van der Waals surface area (Å²) in [7, 11) is 0. The van der Waals surface area contributed by atoms with Crippen LogP contribution < -0.4 is 4.74 Å². The summed E-state index contributed by atoms with van der Waals surface area (Å²) >= 11 is 1.30. The molecule has 2 aliphatic rings. The number of carbonyl (C=O) groups excluding carboxylic acids is 1. The molecule has 6 heteroatoms. The SMILES string of the molecule is CC1(C)Oc2cc(C#N)sc2[C@H](N2CCCC2=O)[C@H]1O. The molecule has 0 aliphatic carbocycles. The van der Waals surface area contributed by atoms with Crippen LogP contribution >= 0.6 is 11.3 Å². The van der Waals surface area contributed by atoms with Gasteiger partial charge in [-0.05, 0) is 20.3 Å². The molecule has 1 fully saturated rings. The summed E-state index contributed by atoms with van der Waals surface area (Å²) in [6.07, 6.45) is 0.535. The van der Waals surface area contributed by atoms with Crippen molar-refractivity contribution in [3.8, 4) is 11.8 Å². The second-order valence-corrected chi connectivity index (χ2v) is 6.82. The Morgan fingerprint density at radius 3 is 2.95 bits per heavy atom. The minimum absolute atomic E-state index is 0.0598. The van der Waals surface area contributed by atoms with E-state index < -0.39 is 17.7 Å². The highest BCUT2D eigenvalue weighted by molar-refractivity contribution is 7.13. The van der Waals surface area contributed by atoms with Gasteiger partial charge in [0.25, 0.3) is 0 Å². The van der Waals surface area contributed by atoms with E-state index in [1.54, 1.807) is 24.8 Å². The quantitative estimate of drug-likeness (QED) is 0.856. The lowest BCUT2D eigenvalue weighted by atomic mass is 9.90. The van der Waals surface area contributed by atoms with Gasteiger partial charge in [-0.1, -0.05) is 0 Å². The highest BCUT2D eigenvalue weighted by Crippen LogP contribution is 2.47. The molecule has 2 aliphatic heterocycles. The van der Waals surface area contributed by atoms with Crippen molar-refractivity contribution in [2.45, 2.75) is 44.4 Å². The molecule has 1 N–H and O–H groups in total. The first-order chi connectivity index (χ1) is 9.44. The fourth-order valence-corrected chi connectivity index (χ4v) is 3.90. The van der Waals surface area contributed by atoms with E-state index in [1.165, 1.54) is 11.3 Å². The van der Waals surface area contributed by atoms with Crippen molar-refractivity contribution in [2.75, 3.05) is 6.54 Å². The summed E-state index contributed by atoms with van der Waals surface area (Å²) in [5, 5.41) is 19.7. The van der Waals surface area contributed by atoms with Crippen molar-refractivity contribution in [3.05, 3.63) is 15.8 Å². The normalized spacial score (nSPS) is 27.9. The molecule has 0 radical (unpaired) electrons. The Morgan fingerprint density at radius 1 is 1.60 bits per heavy atom. The number of aliphatic hydroxyl groups excluding tert-OH is 1. The van der Waals surface area contributed by atoms with Gasteiger partial charge >= 0.3 is 0 Å². The van der Waals surface area contributed by atoms with E-state index in [0.717, 1.165) is 11.3 Å². The zero-order chi connectivity index (χ0) is 14.5. The van der Waals surface area contributed by atoms with Crippen molar-refractivity contribution in [2.24, 2.45) is 0 Å². The van der Waals surface area contributed by atoms with Crippen LogP contribution in [0, 0.1) is 11.3 Å². The number of likely N-dealkylation sites (tertiary alicyclic amines) is 1. The van der Waals surface area contributed by atoms with Crippen molar-refractivity contribution in [1.29, 1.82) is 5.26 Å². The van der Waals surface area contributed by atoms with E-state index in [2.05, 4.69) is 6.07 Å². The van der Waals surface area contributed by atoms with E-state index in [9.17, 15) is 9.90 Å². The molecule has 3 heterocycles. The highest BCUT2D eigenvalue weighted by atomic mass is 32.1. The Hall–Kier alpha value is -1.58. The van der Waals surface area contributed by atoms with E-state index >= 15 is 0 Å². The van der Waals surface area contributed by atoms with Gasteiger partial charge in [-0.3, -0.25) is 4.79 Å². The van der Waals surface area contributed by atoms with Gasteiger partial charge in [0.1, 0.15) is 28.4 Å². The second kappa shape index (κ2) is 4.47. The molecule has 3 rings (SSSR count). The third-order valence-electron chi connectivity index (χ3n) is 3.93. The molecule has 1 aromatic heterocycles. The lowest BCUT2D eigenvalue weighted by Gasteiger charge is -2.43. The fourth-order valence-electron chi connectivity index (χ4n) is 2.87. The van der Waals surface area contributed by atoms with Gasteiger partial charge in [0.15, 0.2) is 0 Å². The molecule has 1 amide bonds. The Bertz CT molecular complexity index is 602. The average Bonchev–Trinajstić information content (AvgIpc) is 2.97. The average molecular weight is 292 g/mol. The molecular weight excluding hydrogens is 276 g/mol. The second-order valence-electron chi connectivity index (χ2n) is 5.74. The van der Waals surface area contributed by atoms with E-state index in [4.69, 9.17) is 10.00 Å². The molecule has 0 spiro atoms. The largest absolute Gasteiger partial charge is 0.484 e. The number of carbonyl (C=O) groups is 1. The molecule has 2 atom stereocenters. The van der Waals surface area contributed by atoms with Gasteiger partial charge in [0, 0.05) is 19.0 Å². The first kappa shape index (κ1) is 13.4. The number of thiophene rings is 1. The zero-order valence-electron chi connectivity index (χ0n) is 11.4. The third kappa shape index (κ3) is 1.89. The first-order valence-corrected chi connectivity index (χ1v) is 7.46. The number of rotatable bonds is 1. The molecular formula is C14H16N2O3S. The maximum absolute atomic E-state index is 12.0. The number of nitriles is 1. The van der Waals surface area contributed by atoms with Gasteiger partial charge in [0.2, 0.25) is 5.91 Å². The minimum atomic E-state index is -0.803. The molecule has 20 heavy (non-hydrogen) atoms. The standard InChI is InChI=1S/C14H16N2O3S/c1-14(2)13(18)11(16-5-3-4-10(16)17)12-9(19-14)6-8(7-15)20-12/h6,11,13,18H,3-5H2,1-2H3/t11-,13+/m0/s1. The minimum Gasteiger partial charge on any atom is -0.484 e. The summed E-state index contributed by atoms with van der Waals surface area (Å²) in [5.41, 5.74) is -0.783. The smallest absolute Gasteiger partial charge is 0.223 e. The summed E-state index contributed by atoms with van der Waals surface area (Å²) < 4.78 is 5.81. The predicted molar refractivity (Wildman–Crippen MR) is 73.4 cm³/mol. The first-order valence-electron chi connectivity index (χ1n) is 6.64. The maximum Gasteiger partial charge on any atom is 0.223 e. The van der Waals surface area contributed by atoms with Crippen molar-refractivity contribution >= 4 is 17.2 Å². The van der Waals surface area contributed by atoms with Crippen molar-refractivity contribution in [3.63, 3.8) is 0 Å². The molecule has 0 saturated carbocycles. The summed E-state index contributed by atoms with van der Waals surface area (Å²) in [6, 6.07) is 3.39. The molecule has 106 valence electrons. The number of amides is 1. The van der Waals surface area contributed by atoms with Crippen LogP contribution in [0.5, 0.6) is 5.75 Å². The van der Waals surface area contributed by atoms with Gasteiger partial charge in [-0.2, -0.15) is 5.26 Å². The number of hydrogen-bond donors (Lipinski definition) is 1. The van der Waals surface area contributed by atoms with Crippen LogP contribution in [0.15, 0.2) is 6.07 Å². The van der Waals surface area contributed by atoms with Crippen LogP contribution in [-0.2, 0) is 4.79 Å². The monoisotopic (exact) mass is 292 g/mol. The molecule has 0 aromatic carbocycles. The maximum atomic E-state index is 12.0. The highest BCUT2D eigenvalue weighted by Gasteiger charge is 2.48.